The number of fused-ring (bicyclic) bond motifs is 1. The molecular formula is C18H29N5. The Morgan fingerprint density at radius 1 is 1.35 bits per heavy atom. The molecule has 1 fully saturated rings. The van der Waals surface area contributed by atoms with Crippen LogP contribution in [0.5, 0.6) is 0 Å². The number of aromatic nitrogens is 2. The van der Waals surface area contributed by atoms with E-state index in [9.17, 15) is 0 Å². The third kappa shape index (κ3) is 3.91. The molecule has 23 heavy (non-hydrogen) atoms. The van der Waals surface area contributed by atoms with Crippen molar-refractivity contribution in [1.82, 2.24) is 25.7 Å². The second kappa shape index (κ2) is 7.90. The highest BCUT2D eigenvalue weighted by molar-refractivity contribution is 5.75. The van der Waals surface area contributed by atoms with Gasteiger partial charge >= 0.3 is 0 Å². The van der Waals surface area contributed by atoms with Crippen molar-refractivity contribution in [2.24, 2.45) is 5.92 Å². The molecule has 0 amide bonds. The van der Waals surface area contributed by atoms with Crippen molar-refractivity contribution in [3.63, 3.8) is 0 Å². The summed E-state index contributed by atoms with van der Waals surface area (Å²) in [6, 6.07) is 9.02. The molecular weight excluding hydrogens is 286 g/mol. The number of hydrazine groups is 1. The lowest BCUT2D eigenvalue weighted by Crippen LogP contribution is -2.28. The highest BCUT2D eigenvalue weighted by Crippen LogP contribution is 2.17. The molecule has 0 aliphatic carbocycles. The predicted octanol–water partition coefficient (Wildman–Crippen LogP) is 2.43. The van der Waals surface area contributed by atoms with Gasteiger partial charge in [-0.05, 0) is 50.8 Å². The van der Waals surface area contributed by atoms with Crippen molar-refractivity contribution in [3.05, 3.63) is 30.1 Å². The molecule has 0 radical (unpaired) electrons. The lowest BCUT2D eigenvalue weighted by atomic mass is 9.98. The number of para-hydroxylation sites is 2. The average molecular weight is 315 g/mol. The Morgan fingerprint density at radius 2 is 2.22 bits per heavy atom. The van der Waals surface area contributed by atoms with E-state index >= 15 is 0 Å². The van der Waals surface area contributed by atoms with Gasteiger partial charge < -0.3 is 9.88 Å². The lowest BCUT2D eigenvalue weighted by Gasteiger charge is -2.13. The van der Waals surface area contributed by atoms with Crippen molar-refractivity contribution < 1.29 is 0 Å². The zero-order chi connectivity index (χ0) is 16.1. The van der Waals surface area contributed by atoms with Crippen LogP contribution in [0.25, 0.3) is 11.0 Å². The van der Waals surface area contributed by atoms with Gasteiger partial charge in [-0.2, -0.15) is 0 Å². The molecule has 2 heterocycles. The molecule has 5 nitrogen and oxygen atoms in total. The van der Waals surface area contributed by atoms with Crippen molar-refractivity contribution in [1.29, 1.82) is 0 Å². The average Bonchev–Trinajstić information content (AvgIpc) is 3.12. The third-order valence-corrected chi connectivity index (χ3v) is 4.79. The maximum Gasteiger partial charge on any atom is 0.123 e. The van der Waals surface area contributed by atoms with Gasteiger partial charge in [-0.3, -0.25) is 10.9 Å². The summed E-state index contributed by atoms with van der Waals surface area (Å²) >= 11 is 0. The zero-order valence-corrected chi connectivity index (χ0v) is 14.3. The summed E-state index contributed by atoms with van der Waals surface area (Å²) in [6.45, 7) is 8.51. The Morgan fingerprint density at radius 3 is 3.00 bits per heavy atom. The van der Waals surface area contributed by atoms with E-state index in [1.165, 1.54) is 18.4 Å². The maximum atomic E-state index is 4.80. The number of rotatable bonds is 8. The van der Waals surface area contributed by atoms with Crippen LogP contribution in [0.4, 0.5) is 0 Å². The van der Waals surface area contributed by atoms with Crippen LogP contribution in [-0.4, -0.2) is 28.7 Å². The van der Waals surface area contributed by atoms with Crippen LogP contribution < -0.4 is 16.2 Å². The third-order valence-electron chi connectivity index (χ3n) is 4.79. The van der Waals surface area contributed by atoms with Crippen LogP contribution in [0.15, 0.2) is 24.3 Å². The van der Waals surface area contributed by atoms with E-state index in [0.29, 0.717) is 6.04 Å². The molecule has 126 valence electrons. The molecule has 3 rings (SSSR count). The Hall–Kier alpha value is -1.43. The molecule has 0 spiro atoms. The van der Waals surface area contributed by atoms with Crippen LogP contribution in [-0.2, 0) is 13.1 Å². The summed E-state index contributed by atoms with van der Waals surface area (Å²) < 4.78 is 2.36. The lowest BCUT2D eigenvalue weighted by molar-refractivity contribution is 0.437. The number of hydrogen-bond acceptors (Lipinski definition) is 4. The van der Waals surface area contributed by atoms with E-state index in [0.717, 1.165) is 49.9 Å². The monoisotopic (exact) mass is 315 g/mol. The Kier molecular flexibility index (Phi) is 5.65. The van der Waals surface area contributed by atoms with Gasteiger partial charge in [0.15, 0.2) is 0 Å². The normalized spacial score (nSPS) is 21.3. The fraction of sp³-hybridized carbons (Fsp3) is 0.611. The molecule has 1 saturated heterocycles. The van der Waals surface area contributed by atoms with Gasteiger partial charge in [0.1, 0.15) is 5.82 Å². The van der Waals surface area contributed by atoms with Gasteiger partial charge in [-0.1, -0.05) is 19.1 Å². The first-order chi connectivity index (χ1) is 11.3. The first-order valence-electron chi connectivity index (χ1n) is 8.93. The number of aryl methyl sites for hydroxylation is 1. The molecule has 0 saturated carbocycles. The number of hydrogen-bond donors (Lipinski definition) is 3. The second-order valence-corrected chi connectivity index (χ2v) is 6.56. The molecule has 1 aromatic carbocycles. The number of imidazole rings is 1. The number of benzene rings is 1. The first-order valence-corrected chi connectivity index (χ1v) is 8.93. The summed E-state index contributed by atoms with van der Waals surface area (Å²) in [4.78, 5) is 4.80. The molecule has 1 aliphatic heterocycles. The van der Waals surface area contributed by atoms with Crippen LogP contribution in [0.3, 0.4) is 0 Å². The van der Waals surface area contributed by atoms with E-state index in [1.807, 2.05) is 0 Å². The molecule has 2 unspecified atom stereocenters. The van der Waals surface area contributed by atoms with Gasteiger partial charge in [-0.25, -0.2) is 4.98 Å². The van der Waals surface area contributed by atoms with Gasteiger partial charge in [-0.15, -0.1) is 0 Å². The molecule has 2 aromatic rings. The van der Waals surface area contributed by atoms with Gasteiger partial charge in [0.05, 0.1) is 17.6 Å². The van der Waals surface area contributed by atoms with E-state index in [-0.39, 0.29) is 0 Å². The van der Waals surface area contributed by atoms with Crippen molar-refractivity contribution >= 4 is 11.0 Å². The number of nitrogens with zero attached hydrogens (tertiary/aromatic N) is 2. The smallest absolute Gasteiger partial charge is 0.123 e. The quantitative estimate of drug-likeness (QED) is 0.655. The van der Waals surface area contributed by atoms with E-state index in [2.05, 4.69) is 58.8 Å². The number of nitrogens with one attached hydrogen (secondary N) is 3. The SMILES string of the molecule is CCCn1c(CNCCCC2CNNC2C)nc2ccccc21. The maximum absolute atomic E-state index is 4.80. The van der Waals surface area contributed by atoms with Gasteiger partial charge in [0.2, 0.25) is 0 Å². The molecule has 2 atom stereocenters. The molecule has 1 aliphatic rings. The fourth-order valence-electron chi connectivity index (χ4n) is 3.42. The summed E-state index contributed by atoms with van der Waals surface area (Å²) in [7, 11) is 0. The minimum atomic E-state index is 0.587. The fourth-order valence-corrected chi connectivity index (χ4v) is 3.42. The van der Waals surface area contributed by atoms with Crippen LogP contribution >= 0.6 is 0 Å². The van der Waals surface area contributed by atoms with Crippen LogP contribution in [0.1, 0.15) is 38.9 Å². The molecule has 1 aromatic heterocycles. The summed E-state index contributed by atoms with van der Waals surface area (Å²) in [5, 5.41) is 3.58. The molecule has 5 heteroatoms. The Bertz CT molecular complexity index is 621. The Labute approximate surface area is 138 Å². The predicted molar refractivity (Wildman–Crippen MR) is 95.1 cm³/mol. The van der Waals surface area contributed by atoms with Crippen molar-refractivity contribution in [3.8, 4) is 0 Å². The van der Waals surface area contributed by atoms with E-state index in [4.69, 9.17) is 4.98 Å². The van der Waals surface area contributed by atoms with Crippen molar-refractivity contribution in [2.45, 2.75) is 52.2 Å². The summed E-state index contributed by atoms with van der Waals surface area (Å²) in [5.41, 5.74) is 8.89. The van der Waals surface area contributed by atoms with E-state index in [1.54, 1.807) is 0 Å². The summed E-state index contributed by atoms with van der Waals surface area (Å²) in [5.74, 6) is 1.91. The highest BCUT2D eigenvalue weighted by atomic mass is 15.4. The van der Waals surface area contributed by atoms with Gasteiger partial charge in [0.25, 0.3) is 0 Å². The van der Waals surface area contributed by atoms with Gasteiger partial charge in [0, 0.05) is 19.1 Å². The first kappa shape index (κ1) is 16.4. The highest BCUT2D eigenvalue weighted by Gasteiger charge is 2.21. The molecule has 0 bridgehead atoms. The summed E-state index contributed by atoms with van der Waals surface area (Å²) in [6.07, 6.45) is 3.61. The Balaban J connectivity index is 1.51. The van der Waals surface area contributed by atoms with Crippen LogP contribution in [0.2, 0.25) is 0 Å². The van der Waals surface area contributed by atoms with E-state index < -0.39 is 0 Å². The standard InChI is InChI=1S/C18H29N5/c1-3-11-23-17-9-5-4-8-16(17)21-18(23)13-19-10-6-7-15-12-20-22-14(15)2/h4-5,8-9,14-15,19-20,22H,3,6-7,10-13H2,1-2H3. The molecule has 3 N–H and O–H groups in total. The topological polar surface area (TPSA) is 53.9 Å². The van der Waals surface area contributed by atoms with Crippen molar-refractivity contribution in [2.75, 3.05) is 13.1 Å². The largest absolute Gasteiger partial charge is 0.327 e. The second-order valence-electron chi connectivity index (χ2n) is 6.56. The minimum absolute atomic E-state index is 0.587. The zero-order valence-electron chi connectivity index (χ0n) is 14.3. The minimum Gasteiger partial charge on any atom is -0.327 e. The van der Waals surface area contributed by atoms with Crippen LogP contribution in [0, 0.1) is 5.92 Å².